The highest BCUT2D eigenvalue weighted by atomic mass is 16.5. The van der Waals surface area contributed by atoms with E-state index in [2.05, 4.69) is 72.0 Å². The van der Waals surface area contributed by atoms with E-state index in [-0.39, 0.29) is 0 Å². The van der Waals surface area contributed by atoms with Gasteiger partial charge in [0.05, 0.1) is 12.2 Å². The lowest BCUT2D eigenvalue weighted by Gasteiger charge is -2.11. The molecule has 0 aliphatic rings. The molecule has 0 spiro atoms. The quantitative estimate of drug-likeness (QED) is 0.298. The Morgan fingerprint density at radius 1 is 1.14 bits per heavy atom. The number of nitrogens with one attached hydrogen (secondary N) is 3. The molecule has 28 heavy (non-hydrogen) atoms. The van der Waals surface area contributed by atoms with E-state index in [0.29, 0.717) is 6.54 Å². The molecule has 0 saturated heterocycles. The van der Waals surface area contributed by atoms with Crippen molar-refractivity contribution in [3.8, 4) is 0 Å². The minimum atomic E-state index is 0.591. The molecule has 3 N–H and O–H groups in total. The molecule has 0 aliphatic heterocycles. The van der Waals surface area contributed by atoms with Crippen molar-refractivity contribution in [2.75, 3.05) is 13.1 Å². The third-order valence-electron chi connectivity index (χ3n) is 4.94. The molecule has 0 saturated carbocycles. The van der Waals surface area contributed by atoms with E-state index in [9.17, 15) is 0 Å². The van der Waals surface area contributed by atoms with Gasteiger partial charge in [-0.1, -0.05) is 37.2 Å². The average molecular weight is 382 g/mol. The van der Waals surface area contributed by atoms with Crippen molar-refractivity contribution in [2.45, 2.75) is 53.0 Å². The first-order chi connectivity index (χ1) is 13.8. The van der Waals surface area contributed by atoms with E-state index in [1.807, 2.05) is 0 Å². The number of hydrogen-bond donors (Lipinski definition) is 3. The number of para-hydroxylation sites is 1. The van der Waals surface area contributed by atoms with Crippen LogP contribution in [0.5, 0.6) is 0 Å². The fourth-order valence-electron chi connectivity index (χ4n) is 3.44. The summed E-state index contributed by atoms with van der Waals surface area (Å²) in [6.45, 7) is 8.56. The van der Waals surface area contributed by atoms with Crippen LogP contribution in [-0.4, -0.2) is 29.2 Å². The Kier molecular flexibility index (Phi) is 7.12. The number of aryl methyl sites for hydroxylation is 3. The SMILES string of the molecule is CCNC(=NCc1c(CC)noc1CC)NCCCc1c[nH]c2ccccc12. The van der Waals surface area contributed by atoms with Crippen LogP contribution in [0.25, 0.3) is 10.9 Å². The number of fused-ring (bicyclic) bond motifs is 1. The summed E-state index contributed by atoms with van der Waals surface area (Å²) < 4.78 is 5.44. The Balaban J connectivity index is 1.56. The van der Waals surface area contributed by atoms with E-state index in [0.717, 1.165) is 61.7 Å². The molecular weight excluding hydrogens is 350 g/mol. The number of nitrogens with zero attached hydrogens (tertiary/aromatic N) is 2. The van der Waals surface area contributed by atoms with Crippen LogP contribution in [0.4, 0.5) is 0 Å². The van der Waals surface area contributed by atoms with E-state index in [1.54, 1.807) is 0 Å². The number of aliphatic imine (C=N–C) groups is 1. The fourth-order valence-corrected chi connectivity index (χ4v) is 3.44. The van der Waals surface area contributed by atoms with Gasteiger partial charge in [0.15, 0.2) is 5.96 Å². The topological polar surface area (TPSA) is 78.2 Å². The smallest absolute Gasteiger partial charge is 0.191 e. The second-order valence-corrected chi connectivity index (χ2v) is 6.82. The molecule has 0 atom stereocenters. The Labute approximate surface area is 166 Å². The maximum Gasteiger partial charge on any atom is 0.191 e. The molecule has 6 heteroatoms. The van der Waals surface area contributed by atoms with Crippen molar-refractivity contribution in [3.05, 3.63) is 53.0 Å². The standard InChI is InChI=1S/C22H31N5O/c1-4-19-18(21(5-2)28-27-19)15-26-22(23-6-3)24-13-9-10-16-14-25-20-12-8-7-11-17(16)20/h7-8,11-12,14,25H,4-6,9-10,13,15H2,1-3H3,(H2,23,24,26). The number of hydrogen-bond acceptors (Lipinski definition) is 3. The van der Waals surface area contributed by atoms with Gasteiger partial charge in [0.25, 0.3) is 0 Å². The van der Waals surface area contributed by atoms with E-state index in [4.69, 9.17) is 9.52 Å². The third-order valence-corrected chi connectivity index (χ3v) is 4.94. The molecular formula is C22H31N5O. The normalized spacial score (nSPS) is 11.9. The summed E-state index contributed by atoms with van der Waals surface area (Å²) >= 11 is 0. The minimum Gasteiger partial charge on any atom is -0.361 e. The number of aromatic nitrogens is 2. The Hall–Kier alpha value is -2.76. The highest BCUT2D eigenvalue weighted by Gasteiger charge is 2.13. The Morgan fingerprint density at radius 2 is 2.00 bits per heavy atom. The number of rotatable bonds is 9. The first-order valence-electron chi connectivity index (χ1n) is 10.3. The van der Waals surface area contributed by atoms with Crippen molar-refractivity contribution in [2.24, 2.45) is 4.99 Å². The van der Waals surface area contributed by atoms with Gasteiger partial charge < -0.3 is 20.1 Å². The van der Waals surface area contributed by atoms with Crippen LogP contribution < -0.4 is 10.6 Å². The van der Waals surface area contributed by atoms with E-state index < -0.39 is 0 Å². The summed E-state index contributed by atoms with van der Waals surface area (Å²) in [6.07, 6.45) is 5.89. The van der Waals surface area contributed by atoms with Gasteiger partial charge in [-0.2, -0.15) is 0 Å². The van der Waals surface area contributed by atoms with Gasteiger partial charge in [0, 0.05) is 42.2 Å². The van der Waals surface area contributed by atoms with Gasteiger partial charge in [0.1, 0.15) is 5.76 Å². The molecule has 0 fully saturated rings. The first-order valence-corrected chi connectivity index (χ1v) is 10.3. The summed E-state index contributed by atoms with van der Waals surface area (Å²) in [5, 5.41) is 12.3. The van der Waals surface area contributed by atoms with Crippen LogP contribution in [0.15, 0.2) is 40.0 Å². The number of guanidine groups is 1. The predicted molar refractivity (Wildman–Crippen MR) is 115 cm³/mol. The van der Waals surface area contributed by atoms with Crippen LogP contribution in [0, 0.1) is 0 Å². The van der Waals surface area contributed by atoms with Crippen molar-refractivity contribution in [3.63, 3.8) is 0 Å². The lowest BCUT2D eigenvalue weighted by Crippen LogP contribution is -2.37. The van der Waals surface area contributed by atoms with Gasteiger partial charge in [-0.15, -0.1) is 0 Å². The largest absolute Gasteiger partial charge is 0.361 e. The summed E-state index contributed by atoms with van der Waals surface area (Å²) in [5.74, 6) is 1.78. The van der Waals surface area contributed by atoms with Crippen LogP contribution in [-0.2, 0) is 25.8 Å². The third kappa shape index (κ3) is 4.74. The fraction of sp³-hybridized carbons (Fsp3) is 0.455. The molecule has 0 unspecified atom stereocenters. The molecule has 0 bridgehead atoms. The molecule has 3 rings (SSSR count). The second-order valence-electron chi connectivity index (χ2n) is 6.82. The lowest BCUT2D eigenvalue weighted by molar-refractivity contribution is 0.380. The Bertz CT molecular complexity index is 887. The molecule has 0 amide bonds. The molecule has 0 radical (unpaired) electrons. The van der Waals surface area contributed by atoms with Gasteiger partial charge in [-0.25, -0.2) is 4.99 Å². The number of H-pyrrole nitrogens is 1. The zero-order valence-corrected chi connectivity index (χ0v) is 17.1. The molecule has 2 heterocycles. The number of aromatic amines is 1. The molecule has 1 aromatic carbocycles. The highest BCUT2D eigenvalue weighted by Crippen LogP contribution is 2.19. The zero-order chi connectivity index (χ0) is 19.8. The van der Waals surface area contributed by atoms with Crippen LogP contribution in [0.1, 0.15) is 49.8 Å². The van der Waals surface area contributed by atoms with Crippen molar-refractivity contribution in [1.29, 1.82) is 0 Å². The molecule has 2 aromatic heterocycles. The van der Waals surface area contributed by atoms with E-state index >= 15 is 0 Å². The maximum atomic E-state index is 5.44. The monoisotopic (exact) mass is 381 g/mol. The highest BCUT2D eigenvalue weighted by molar-refractivity contribution is 5.83. The predicted octanol–water partition coefficient (Wildman–Crippen LogP) is 3.97. The van der Waals surface area contributed by atoms with Crippen molar-refractivity contribution < 1.29 is 4.52 Å². The lowest BCUT2D eigenvalue weighted by atomic mass is 10.1. The van der Waals surface area contributed by atoms with Gasteiger partial charge >= 0.3 is 0 Å². The zero-order valence-electron chi connectivity index (χ0n) is 17.1. The summed E-state index contributed by atoms with van der Waals surface area (Å²) in [5.41, 5.74) is 4.70. The average Bonchev–Trinajstić information content (AvgIpc) is 3.32. The van der Waals surface area contributed by atoms with E-state index in [1.165, 1.54) is 16.5 Å². The summed E-state index contributed by atoms with van der Waals surface area (Å²) in [6, 6.07) is 8.45. The molecule has 150 valence electrons. The Morgan fingerprint density at radius 3 is 2.79 bits per heavy atom. The molecule has 3 aromatic rings. The second kappa shape index (κ2) is 9.97. The first kappa shape index (κ1) is 20.0. The van der Waals surface area contributed by atoms with Crippen LogP contribution in [0.2, 0.25) is 0 Å². The summed E-state index contributed by atoms with van der Waals surface area (Å²) in [7, 11) is 0. The molecule has 0 aliphatic carbocycles. The van der Waals surface area contributed by atoms with Crippen LogP contribution >= 0.6 is 0 Å². The van der Waals surface area contributed by atoms with Crippen molar-refractivity contribution in [1.82, 2.24) is 20.8 Å². The minimum absolute atomic E-state index is 0.591. The number of benzene rings is 1. The molecule has 6 nitrogen and oxygen atoms in total. The maximum absolute atomic E-state index is 5.44. The van der Waals surface area contributed by atoms with Gasteiger partial charge in [-0.3, -0.25) is 0 Å². The van der Waals surface area contributed by atoms with Gasteiger partial charge in [-0.05, 0) is 37.8 Å². The van der Waals surface area contributed by atoms with Crippen LogP contribution in [0.3, 0.4) is 0 Å². The summed E-state index contributed by atoms with van der Waals surface area (Å²) in [4.78, 5) is 8.09. The van der Waals surface area contributed by atoms with Crippen molar-refractivity contribution >= 4 is 16.9 Å². The van der Waals surface area contributed by atoms with Gasteiger partial charge in [0.2, 0.25) is 0 Å².